The second-order valence-corrected chi connectivity index (χ2v) is 6.82. The molecule has 0 spiro atoms. The fourth-order valence-electron chi connectivity index (χ4n) is 2.25. The molecule has 0 aliphatic carbocycles. The number of nitrogens with one attached hydrogen (secondary N) is 2. The number of thioether (sulfide) groups is 2. The van der Waals surface area contributed by atoms with Crippen LogP contribution in [-0.4, -0.2) is 29.2 Å². The molecule has 0 unspecified atom stereocenters. The lowest BCUT2D eigenvalue weighted by Crippen LogP contribution is -2.25. The normalized spacial score (nSPS) is 20.1. The van der Waals surface area contributed by atoms with E-state index >= 15 is 0 Å². The Morgan fingerprint density at radius 1 is 1.28 bits per heavy atom. The van der Waals surface area contributed by atoms with Crippen molar-refractivity contribution in [2.24, 2.45) is 0 Å². The van der Waals surface area contributed by atoms with Gasteiger partial charge in [-0.05, 0) is 42.5 Å². The second-order valence-electron chi connectivity index (χ2n) is 4.58. The van der Waals surface area contributed by atoms with Crippen LogP contribution in [0.1, 0.15) is 12.8 Å². The summed E-state index contributed by atoms with van der Waals surface area (Å²) in [5.41, 5.74) is 2.07. The predicted octanol–water partition coefficient (Wildman–Crippen LogP) is 3.04. The van der Waals surface area contributed by atoms with Gasteiger partial charge in [-0.2, -0.15) is 11.8 Å². The molecule has 2 aliphatic heterocycles. The van der Waals surface area contributed by atoms with E-state index in [2.05, 4.69) is 28.8 Å². The third kappa shape index (κ3) is 2.78. The summed E-state index contributed by atoms with van der Waals surface area (Å²) in [5.74, 6) is 3.11. The third-order valence-electron chi connectivity index (χ3n) is 3.20. The van der Waals surface area contributed by atoms with Gasteiger partial charge < -0.3 is 10.6 Å². The molecule has 1 fully saturated rings. The summed E-state index contributed by atoms with van der Waals surface area (Å²) in [6, 6.07) is 6.85. The summed E-state index contributed by atoms with van der Waals surface area (Å²) >= 11 is 3.64. The minimum atomic E-state index is 0.0960. The minimum Gasteiger partial charge on any atom is -0.382 e. The number of hydrogen-bond acceptors (Lipinski definition) is 4. The van der Waals surface area contributed by atoms with Crippen molar-refractivity contribution in [3.05, 3.63) is 18.2 Å². The average Bonchev–Trinajstić information content (AvgIpc) is 2.39. The molecule has 1 saturated heterocycles. The van der Waals surface area contributed by atoms with Crippen molar-refractivity contribution >= 4 is 40.8 Å². The van der Waals surface area contributed by atoms with Crippen molar-refractivity contribution in [1.29, 1.82) is 0 Å². The highest BCUT2D eigenvalue weighted by Crippen LogP contribution is 2.34. The second kappa shape index (κ2) is 5.45. The van der Waals surface area contributed by atoms with Gasteiger partial charge in [0.25, 0.3) is 0 Å². The monoisotopic (exact) mass is 280 g/mol. The van der Waals surface area contributed by atoms with Crippen LogP contribution in [0.25, 0.3) is 0 Å². The number of hydrogen-bond donors (Lipinski definition) is 2. The number of anilines is 2. The first-order valence-electron chi connectivity index (χ1n) is 6.22. The molecule has 18 heavy (non-hydrogen) atoms. The first-order valence-corrected chi connectivity index (χ1v) is 8.36. The Morgan fingerprint density at radius 3 is 2.94 bits per heavy atom. The van der Waals surface area contributed by atoms with Gasteiger partial charge in [0.2, 0.25) is 5.91 Å². The van der Waals surface area contributed by atoms with Crippen LogP contribution in [0.5, 0.6) is 0 Å². The van der Waals surface area contributed by atoms with Crippen molar-refractivity contribution in [2.75, 3.05) is 27.9 Å². The van der Waals surface area contributed by atoms with E-state index in [1.54, 1.807) is 11.8 Å². The van der Waals surface area contributed by atoms with E-state index < -0.39 is 0 Å². The summed E-state index contributed by atoms with van der Waals surface area (Å²) in [4.78, 5) is 12.5. The molecule has 0 radical (unpaired) electrons. The lowest BCUT2D eigenvalue weighted by Gasteiger charge is -2.25. The molecule has 3 nitrogen and oxygen atoms in total. The van der Waals surface area contributed by atoms with Crippen LogP contribution in [-0.2, 0) is 4.79 Å². The number of rotatable bonds is 2. The van der Waals surface area contributed by atoms with Crippen LogP contribution < -0.4 is 10.6 Å². The van der Waals surface area contributed by atoms with E-state index in [4.69, 9.17) is 0 Å². The van der Waals surface area contributed by atoms with Crippen molar-refractivity contribution < 1.29 is 4.79 Å². The van der Waals surface area contributed by atoms with E-state index in [1.807, 2.05) is 11.8 Å². The highest BCUT2D eigenvalue weighted by Gasteiger charge is 2.17. The fraction of sp³-hybridized carbons (Fsp3) is 0.462. The molecule has 1 amide bonds. The molecule has 0 aromatic heterocycles. The van der Waals surface area contributed by atoms with Gasteiger partial charge in [0.05, 0.1) is 11.4 Å². The van der Waals surface area contributed by atoms with Crippen molar-refractivity contribution in [1.82, 2.24) is 0 Å². The largest absolute Gasteiger partial charge is 0.382 e. The molecule has 0 atom stereocenters. The smallest absolute Gasteiger partial charge is 0.234 e. The van der Waals surface area contributed by atoms with E-state index in [9.17, 15) is 4.79 Å². The van der Waals surface area contributed by atoms with Crippen LogP contribution in [0.3, 0.4) is 0 Å². The van der Waals surface area contributed by atoms with Gasteiger partial charge in [-0.25, -0.2) is 0 Å². The van der Waals surface area contributed by atoms with Crippen molar-refractivity contribution in [3.8, 4) is 0 Å². The maximum atomic E-state index is 11.4. The van der Waals surface area contributed by atoms with Crippen molar-refractivity contribution in [2.45, 2.75) is 23.8 Å². The van der Waals surface area contributed by atoms with Crippen LogP contribution in [0.2, 0.25) is 0 Å². The van der Waals surface area contributed by atoms with E-state index in [-0.39, 0.29) is 5.91 Å². The van der Waals surface area contributed by atoms with Gasteiger partial charge in [-0.1, -0.05) is 0 Å². The maximum absolute atomic E-state index is 11.4. The minimum absolute atomic E-state index is 0.0960. The zero-order chi connectivity index (χ0) is 12.4. The van der Waals surface area contributed by atoms with E-state index in [1.165, 1.54) is 29.2 Å². The molecule has 2 aliphatic rings. The summed E-state index contributed by atoms with van der Waals surface area (Å²) < 4.78 is 0. The fourth-order valence-corrected chi connectivity index (χ4v) is 4.15. The molecule has 5 heteroatoms. The van der Waals surface area contributed by atoms with Crippen LogP contribution in [0, 0.1) is 0 Å². The molecule has 2 N–H and O–H groups in total. The number of carbonyl (C=O) groups excluding carboxylic acids is 1. The SMILES string of the molecule is O=C1CSc2ccc(NC3CCSCC3)cc2N1. The topological polar surface area (TPSA) is 41.1 Å². The van der Waals surface area contributed by atoms with Crippen LogP contribution in [0.15, 0.2) is 23.1 Å². The Balaban J connectivity index is 1.73. The molecule has 2 heterocycles. The lowest BCUT2D eigenvalue weighted by atomic mass is 10.1. The van der Waals surface area contributed by atoms with Gasteiger partial charge in [-0.3, -0.25) is 4.79 Å². The zero-order valence-corrected chi connectivity index (χ0v) is 11.7. The van der Waals surface area contributed by atoms with E-state index in [0.717, 1.165) is 11.4 Å². The number of amides is 1. The van der Waals surface area contributed by atoms with Gasteiger partial charge in [0, 0.05) is 16.6 Å². The lowest BCUT2D eigenvalue weighted by molar-refractivity contribution is -0.113. The first-order chi connectivity index (χ1) is 8.81. The molecule has 1 aromatic carbocycles. The summed E-state index contributed by atoms with van der Waals surface area (Å²) in [6.07, 6.45) is 2.45. The van der Waals surface area contributed by atoms with Crippen molar-refractivity contribution in [3.63, 3.8) is 0 Å². The number of carbonyl (C=O) groups is 1. The molecule has 96 valence electrons. The summed E-state index contributed by atoms with van der Waals surface area (Å²) in [7, 11) is 0. The molecular weight excluding hydrogens is 264 g/mol. The standard InChI is InChI=1S/C13H16N2OS2/c16-13-8-18-12-2-1-10(7-11(12)15-13)14-9-3-5-17-6-4-9/h1-2,7,9,14H,3-6,8H2,(H,15,16). The zero-order valence-electron chi connectivity index (χ0n) is 10.1. The number of benzene rings is 1. The average molecular weight is 280 g/mol. The van der Waals surface area contributed by atoms with Gasteiger partial charge in [0.1, 0.15) is 0 Å². The molecule has 1 aromatic rings. The van der Waals surface area contributed by atoms with Gasteiger partial charge >= 0.3 is 0 Å². The molecule has 0 saturated carbocycles. The van der Waals surface area contributed by atoms with Crippen LogP contribution >= 0.6 is 23.5 Å². The Bertz CT molecular complexity index is 458. The number of fused-ring (bicyclic) bond motifs is 1. The van der Waals surface area contributed by atoms with E-state index in [0.29, 0.717) is 11.8 Å². The molecular formula is C13H16N2OS2. The Morgan fingerprint density at radius 2 is 2.11 bits per heavy atom. The Hall–Kier alpha value is -0.810. The van der Waals surface area contributed by atoms with Gasteiger partial charge in [0.15, 0.2) is 0 Å². The Labute approximate surface area is 115 Å². The molecule has 3 rings (SSSR count). The Kier molecular flexibility index (Phi) is 3.70. The maximum Gasteiger partial charge on any atom is 0.234 e. The van der Waals surface area contributed by atoms with Crippen LogP contribution in [0.4, 0.5) is 11.4 Å². The first kappa shape index (κ1) is 12.2. The summed E-state index contributed by atoms with van der Waals surface area (Å²) in [5, 5.41) is 6.51. The highest BCUT2D eigenvalue weighted by atomic mass is 32.2. The molecule has 0 bridgehead atoms. The summed E-state index contributed by atoms with van der Waals surface area (Å²) in [6.45, 7) is 0. The highest BCUT2D eigenvalue weighted by molar-refractivity contribution is 8.00. The third-order valence-corrected chi connectivity index (χ3v) is 5.33. The predicted molar refractivity (Wildman–Crippen MR) is 79.8 cm³/mol. The van der Waals surface area contributed by atoms with Gasteiger partial charge in [-0.15, -0.1) is 11.8 Å². The quantitative estimate of drug-likeness (QED) is 0.873.